The quantitative estimate of drug-likeness (QED) is 0.735. The van der Waals surface area contributed by atoms with Crippen LogP contribution in [0.5, 0.6) is 0 Å². The van der Waals surface area contributed by atoms with Gasteiger partial charge in [-0.2, -0.15) is 0 Å². The van der Waals surface area contributed by atoms with Crippen molar-refractivity contribution in [3.8, 4) is 0 Å². The van der Waals surface area contributed by atoms with E-state index in [1.807, 2.05) is 11.0 Å². The molecule has 0 radical (unpaired) electrons. The second kappa shape index (κ2) is 9.92. The highest BCUT2D eigenvalue weighted by Crippen LogP contribution is 2.22. The number of aryl methyl sites for hydroxylation is 1. The number of piperazine rings is 1. The standard InChI is InChI=1S/C24H33N5O/c1-20-12-14-27(15-13-20)22-10-11-23(26-25-22)28-16-18-29(19-17-28)24(30)9-5-8-21-6-3-2-4-7-21/h2-4,6-7,10-11,20H,5,8-9,12-19H2,1H3. The number of hydrogen-bond donors (Lipinski definition) is 0. The monoisotopic (exact) mass is 407 g/mol. The van der Waals surface area contributed by atoms with E-state index in [9.17, 15) is 4.79 Å². The number of nitrogens with zero attached hydrogens (tertiary/aromatic N) is 5. The number of aromatic nitrogens is 2. The van der Waals surface area contributed by atoms with E-state index in [0.717, 1.165) is 69.7 Å². The second-order valence-corrected chi connectivity index (χ2v) is 8.63. The van der Waals surface area contributed by atoms with Crippen LogP contribution in [0.2, 0.25) is 0 Å². The fourth-order valence-electron chi connectivity index (χ4n) is 4.32. The van der Waals surface area contributed by atoms with E-state index < -0.39 is 0 Å². The molecule has 0 saturated carbocycles. The fourth-order valence-corrected chi connectivity index (χ4v) is 4.32. The van der Waals surface area contributed by atoms with Crippen LogP contribution in [-0.2, 0) is 11.2 Å². The molecule has 2 aliphatic rings. The van der Waals surface area contributed by atoms with Gasteiger partial charge in [0.15, 0.2) is 11.6 Å². The van der Waals surface area contributed by atoms with Crippen molar-refractivity contribution >= 4 is 17.5 Å². The number of carbonyl (C=O) groups excluding carboxylic acids is 1. The number of hydrogen-bond acceptors (Lipinski definition) is 5. The van der Waals surface area contributed by atoms with Crippen LogP contribution in [-0.4, -0.2) is 60.3 Å². The van der Waals surface area contributed by atoms with Gasteiger partial charge >= 0.3 is 0 Å². The zero-order chi connectivity index (χ0) is 20.8. The Bertz CT molecular complexity index is 794. The molecule has 4 rings (SSSR count). The zero-order valence-corrected chi connectivity index (χ0v) is 18.0. The number of rotatable bonds is 6. The summed E-state index contributed by atoms with van der Waals surface area (Å²) in [6.45, 7) is 7.62. The van der Waals surface area contributed by atoms with Crippen molar-refractivity contribution in [3.63, 3.8) is 0 Å². The van der Waals surface area contributed by atoms with Crippen molar-refractivity contribution in [2.75, 3.05) is 49.1 Å². The van der Waals surface area contributed by atoms with Gasteiger partial charge in [-0.15, -0.1) is 10.2 Å². The summed E-state index contributed by atoms with van der Waals surface area (Å²) in [7, 11) is 0. The Labute approximate surface area is 179 Å². The maximum atomic E-state index is 12.5. The maximum absolute atomic E-state index is 12.5. The van der Waals surface area contributed by atoms with Crippen molar-refractivity contribution in [3.05, 3.63) is 48.0 Å². The molecular weight excluding hydrogens is 374 g/mol. The van der Waals surface area contributed by atoms with Gasteiger partial charge in [0, 0.05) is 45.7 Å². The van der Waals surface area contributed by atoms with Crippen molar-refractivity contribution in [1.29, 1.82) is 0 Å². The number of carbonyl (C=O) groups is 1. The lowest BCUT2D eigenvalue weighted by Gasteiger charge is -2.35. The molecular formula is C24H33N5O. The summed E-state index contributed by atoms with van der Waals surface area (Å²) >= 11 is 0. The van der Waals surface area contributed by atoms with Gasteiger partial charge in [0.2, 0.25) is 5.91 Å². The second-order valence-electron chi connectivity index (χ2n) is 8.63. The Morgan fingerprint density at radius 1 is 0.867 bits per heavy atom. The molecule has 0 unspecified atom stereocenters. The summed E-state index contributed by atoms with van der Waals surface area (Å²) < 4.78 is 0. The molecule has 6 heteroatoms. The normalized spacial score (nSPS) is 18.0. The predicted octanol–water partition coefficient (Wildman–Crippen LogP) is 3.38. The third-order valence-electron chi connectivity index (χ3n) is 6.40. The topological polar surface area (TPSA) is 52.6 Å². The molecule has 1 amide bonds. The maximum Gasteiger partial charge on any atom is 0.222 e. The number of piperidine rings is 1. The van der Waals surface area contributed by atoms with Crippen LogP contribution in [0.3, 0.4) is 0 Å². The molecule has 2 fully saturated rings. The Morgan fingerprint density at radius 2 is 1.47 bits per heavy atom. The zero-order valence-electron chi connectivity index (χ0n) is 18.0. The molecule has 2 aliphatic heterocycles. The highest BCUT2D eigenvalue weighted by Gasteiger charge is 2.22. The van der Waals surface area contributed by atoms with E-state index in [-0.39, 0.29) is 5.91 Å². The fraction of sp³-hybridized carbons (Fsp3) is 0.542. The lowest BCUT2D eigenvalue weighted by atomic mass is 9.99. The molecule has 0 bridgehead atoms. The van der Waals surface area contributed by atoms with Gasteiger partial charge < -0.3 is 14.7 Å². The molecule has 0 aliphatic carbocycles. The van der Waals surface area contributed by atoms with Crippen molar-refractivity contribution in [2.24, 2.45) is 5.92 Å². The molecule has 2 saturated heterocycles. The third kappa shape index (κ3) is 5.29. The summed E-state index contributed by atoms with van der Waals surface area (Å²) in [6, 6.07) is 14.6. The van der Waals surface area contributed by atoms with Crippen LogP contribution < -0.4 is 9.80 Å². The van der Waals surface area contributed by atoms with E-state index in [1.54, 1.807) is 0 Å². The van der Waals surface area contributed by atoms with Crippen LogP contribution in [0.15, 0.2) is 42.5 Å². The van der Waals surface area contributed by atoms with Crippen LogP contribution in [0, 0.1) is 5.92 Å². The first-order valence-corrected chi connectivity index (χ1v) is 11.3. The van der Waals surface area contributed by atoms with Crippen LogP contribution in [0.1, 0.15) is 38.2 Å². The van der Waals surface area contributed by atoms with Crippen molar-refractivity contribution in [1.82, 2.24) is 15.1 Å². The van der Waals surface area contributed by atoms with Gasteiger partial charge in [-0.3, -0.25) is 4.79 Å². The first-order chi connectivity index (χ1) is 14.7. The van der Waals surface area contributed by atoms with E-state index in [2.05, 4.69) is 63.3 Å². The third-order valence-corrected chi connectivity index (χ3v) is 6.40. The number of anilines is 2. The van der Waals surface area contributed by atoms with Crippen LogP contribution in [0.4, 0.5) is 11.6 Å². The molecule has 0 spiro atoms. The van der Waals surface area contributed by atoms with E-state index >= 15 is 0 Å². The first-order valence-electron chi connectivity index (χ1n) is 11.3. The largest absolute Gasteiger partial charge is 0.355 e. The molecule has 6 nitrogen and oxygen atoms in total. The van der Waals surface area contributed by atoms with Gasteiger partial charge in [0.05, 0.1) is 0 Å². The SMILES string of the molecule is CC1CCN(c2ccc(N3CCN(C(=O)CCCc4ccccc4)CC3)nn2)CC1. The highest BCUT2D eigenvalue weighted by atomic mass is 16.2. The smallest absolute Gasteiger partial charge is 0.222 e. The molecule has 1 aromatic heterocycles. The first kappa shape index (κ1) is 20.6. The molecule has 0 atom stereocenters. The molecule has 1 aromatic carbocycles. The van der Waals surface area contributed by atoms with Crippen LogP contribution in [0.25, 0.3) is 0 Å². The van der Waals surface area contributed by atoms with E-state index in [4.69, 9.17) is 0 Å². The summed E-state index contributed by atoms with van der Waals surface area (Å²) in [5.41, 5.74) is 1.30. The molecule has 2 aromatic rings. The van der Waals surface area contributed by atoms with E-state index in [0.29, 0.717) is 6.42 Å². The molecule has 160 valence electrons. The average molecular weight is 408 g/mol. The minimum atomic E-state index is 0.270. The minimum Gasteiger partial charge on any atom is -0.355 e. The Morgan fingerprint density at radius 3 is 2.07 bits per heavy atom. The Balaban J connectivity index is 1.21. The lowest BCUT2D eigenvalue weighted by Crippen LogP contribution is -2.49. The minimum absolute atomic E-state index is 0.270. The van der Waals surface area contributed by atoms with Gasteiger partial charge in [0.1, 0.15) is 0 Å². The summed E-state index contributed by atoms with van der Waals surface area (Å²) in [4.78, 5) is 19.1. The average Bonchev–Trinajstić information content (AvgIpc) is 2.80. The van der Waals surface area contributed by atoms with Crippen LogP contribution >= 0.6 is 0 Å². The molecule has 30 heavy (non-hydrogen) atoms. The van der Waals surface area contributed by atoms with Crippen molar-refractivity contribution < 1.29 is 4.79 Å². The van der Waals surface area contributed by atoms with Crippen molar-refractivity contribution in [2.45, 2.75) is 39.0 Å². The summed E-state index contributed by atoms with van der Waals surface area (Å²) in [5, 5.41) is 8.96. The van der Waals surface area contributed by atoms with Gasteiger partial charge in [-0.05, 0) is 49.3 Å². The summed E-state index contributed by atoms with van der Waals surface area (Å²) in [6.07, 6.45) is 4.95. The van der Waals surface area contributed by atoms with Gasteiger partial charge in [0.25, 0.3) is 0 Å². The Kier molecular flexibility index (Phi) is 6.82. The molecule has 3 heterocycles. The number of amides is 1. The van der Waals surface area contributed by atoms with Gasteiger partial charge in [-0.25, -0.2) is 0 Å². The summed E-state index contributed by atoms with van der Waals surface area (Å²) in [5.74, 6) is 2.98. The van der Waals surface area contributed by atoms with E-state index in [1.165, 1.54) is 18.4 Å². The van der Waals surface area contributed by atoms with Gasteiger partial charge in [-0.1, -0.05) is 37.3 Å². The predicted molar refractivity (Wildman–Crippen MR) is 121 cm³/mol. The Hall–Kier alpha value is -2.63. The molecule has 0 N–H and O–H groups in total. The highest BCUT2D eigenvalue weighted by molar-refractivity contribution is 5.76. The number of benzene rings is 1. The lowest BCUT2D eigenvalue weighted by molar-refractivity contribution is -0.131.